The van der Waals surface area contributed by atoms with Crippen molar-refractivity contribution in [3.8, 4) is 0 Å². The third-order valence-corrected chi connectivity index (χ3v) is 2.75. The maximum atomic E-state index is 10.9. The number of carboxylic acid groups (broad SMARTS) is 1. The number of halogens is 1. The van der Waals surface area contributed by atoms with Crippen molar-refractivity contribution in [2.45, 2.75) is 0 Å². The summed E-state index contributed by atoms with van der Waals surface area (Å²) in [5.74, 6) is -0.900. The molecule has 2 nitrogen and oxygen atoms in total. The van der Waals surface area contributed by atoms with E-state index < -0.39 is 5.97 Å². The van der Waals surface area contributed by atoms with Gasteiger partial charge in [0.1, 0.15) is 0 Å². The summed E-state index contributed by atoms with van der Waals surface area (Å²) in [6, 6.07) is 10.9. The first kappa shape index (κ1) is 12.3. The molecular formula is C11H7AlBrO2. The molecule has 0 bridgehead atoms. The standard InChI is InChI=1S/C11H7BrO2.Al/c12-9-6-2-4-7-3-1-5-8(10(7)9)11(13)14;/h1-6H,(H,13,14);. The Kier molecular flexibility index (Phi) is 3.92. The van der Waals surface area contributed by atoms with Gasteiger partial charge in [0.25, 0.3) is 0 Å². The van der Waals surface area contributed by atoms with Gasteiger partial charge in [-0.1, -0.05) is 40.2 Å². The molecule has 0 aliphatic rings. The second kappa shape index (κ2) is 4.80. The highest BCUT2D eigenvalue weighted by Gasteiger charge is 2.09. The zero-order valence-corrected chi connectivity index (χ0v) is 10.5. The van der Waals surface area contributed by atoms with Gasteiger partial charge >= 0.3 is 5.97 Å². The van der Waals surface area contributed by atoms with E-state index in [1.54, 1.807) is 12.1 Å². The number of hydrogen-bond donors (Lipinski definition) is 1. The molecule has 2 aromatic rings. The van der Waals surface area contributed by atoms with Crippen LogP contribution in [0.25, 0.3) is 10.8 Å². The molecule has 0 saturated heterocycles. The monoisotopic (exact) mass is 277 g/mol. The van der Waals surface area contributed by atoms with Gasteiger partial charge < -0.3 is 5.11 Å². The summed E-state index contributed by atoms with van der Waals surface area (Å²) in [7, 11) is 0. The van der Waals surface area contributed by atoms with E-state index in [1.165, 1.54) is 0 Å². The van der Waals surface area contributed by atoms with Crippen LogP contribution in [0.5, 0.6) is 0 Å². The smallest absolute Gasteiger partial charge is 0.336 e. The van der Waals surface area contributed by atoms with Crippen molar-refractivity contribution in [3.05, 3.63) is 46.4 Å². The average molecular weight is 278 g/mol. The third kappa shape index (κ3) is 2.23. The van der Waals surface area contributed by atoms with Crippen molar-refractivity contribution < 1.29 is 9.90 Å². The summed E-state index contributed by atoms with van der Waals surface area (Å²) in [6.07, 6.45) is 0. The molecule has 2 aromatic carbocycles. The highest BCUT2D eigenvalue weighted by Crippen LogP contribution is 2.26. The molecule has 0 aromatic heterocycles. The van der Waals surface area contributed by atoms with E-state index in [9.17, 15) is 4.79 Å². The van der Waals surface area contributed by atoms with Crippen LogP contribution >= 0.6 is 15.9 Å². The predicted octanol–water partition coefficient (Wildman–Crippen LogP) is 2.92. The van der Waals surface area contributed by atoms with E-state index in [0.717, 1.165) is 15.2 Å². The summed E-state index contributed by atoms with van der Waals surface area (Å²) in [6.45, 7) is 0. The minimum absolute atomic E-state index is 0. The van der Waals surface area contributed by atoms with E-state index in [0.29, 0.717) is 5.56 Å². The largest absolute Gasteiger partial charge is 0.478 e. The molecule has 0 spiro atoms. The molecule has 4 heteroatoms. The molecular weight excluding hydrogens is 271 g/mol. The fourth-order valence-corrected chi connectivity index (χ4v) is 2.07. The Morgan fingerprint density at radius 3 is 2.33 bits per heavy atom. The maximum absolute atomic E-state index is 10.9. The molecule has 15 heavy (non-hydrogen) atoms. The minimum atomic E-state index is -0.900. The quantitative estimate of drug-likeness (QED) is 0.814. The zero-order chi connectivity index (χ0) is 10.1. The maximum Gasteiger partial charge on any atom is 0.336 e. The molecule has 1 N–H and O–H groups in total. The highest BCUT2D eigenvalue weighted by atomic mass is 79.9. The molecule has 73 valence electrons. The van der Waals surface area contributed by atoms with Crippen LogP contribution < -0.4 is 0 Å². The van der Waals surface area contributed by atoms with Crippen molar-refractivity contribution in [3.63, 3.8) is 0 Å². The van der Waals surface area contributed by atoms with Crippen molar-refractivity contribution in [2.24, 2.45) is 0 Å². The van der Waals surface area contributed by atoms with Gasteiger partial charge in [0, 0.05) is 27.2 Å². The van der Waals surface area contributed by atoms with Crippen LogP contribution in [0.4, 0.5) is 0 Å². The number of rotatable bonds is 1. The second-order valence-corrected chi connectivity index (χ2v) is 3.80. The molecule has 0 amide bonds. The Labute approximate surface area is 106 Å². The second-order valence-electron chi connectivity index (χ2n) is 2.95. The van der Waals surface area contributed by atoms with Crippen LogP contribution in [0.2, 0.25) is 0 Å². The Morgan fingerprint density at radius 1 is 1.13 bits per heavy atom. The van der Waals surface area contributed by atoms with Gasteiger partial charge in [0.15, 0.2) is 0 Å². The molecule has 3 radical (unpaired) electrons. The normalized spacial score (nSPS) is 9.67. The molecule has 0 heterocycles. The van der Waals surface area contributed by atoms with Crippen molar-refractivity contribution in [2.75, 3.05) is 0 Å². The molecule has 0 aliphatic carbocycles. The van der Waals surface area contributed by atoms with E-state index >= 15 is 0 Å². The molecule has 0 saturated carbocycles. The third-order valence-electron chi connectivity index (χ3n) is 2.08. The summed E-state index contributed by atoms with van der Waals surface area (Å²) in [4.78, 5) is 10.9. The Balaban J connectivity index is 0.00000112. The van der Waals surface area contributed by atoms with E-state index in [1.807, 2.05) is 24.3 Å². The fourth-order valence-electron chi connectivity index (χ4n) is 1.47. The van der Waals surface area contributed by atoms with E-state index in [-0.39, 0.29) is 17.4 Å². The van der Waals surface area contributed by atoms with Crippen molar-refractivity contribution in [1.29, 1.82) is 0 Å². The number of benzene rings is 2. The number of aromatic carboxylic acids is 1. The van der Waals surface area contributed by atoms with Gasteiger partial charge in [0.2, 0.25) is 0 Å². The van der Waals surface area contributed by atoms with Crippen LogP contribution in [0.1, 0.15) is 10.4 Å². The lowest BCUT2D eigenvalue weighted by atomic mass is 10.1. The minimum Gasteiger partial charge on any atom is -0.478 e. The molecule has 0 fully saturated rings. The van der Waals surface area contributed by atoms with Gasteiger partial charge in [0.05, 0.1) is 5.56 Å². The Morgan fingerprint density at radius 2 is 1.73 bits per heavy atom. The van der Waals surface area contributed by atoms with E-state index in [2.05, 4.69) is 15.9 Å². The highest BCUT2D eigenvalue weighted by molar-refractivity contribution is 9.10. The molecule has 0 aliphatic heterocycles. The van der Waals surface area contributed by atoms with Gasteiger partial charge in [-0.15, -0.1) is 0 Å². The van der Waals surface area contributed by atoms with E-state index in [4.69, 9.17) is 5.11 Å². The first-order valence-corrected chi connectivity index (χ1v) is 4.90. The Bertz CT molecular complexity index is 506. The lowest BCUT2D eigenvalue weighted by molar-refractivity contribution is 0.0699. The van der Waals surface area contributed by atoms with Gasteiger partial charge in [-0.05, 0) is 17.5 Å². The van der Waals surface area contributed by atoms with Gasteiger partial charge in [-0.25, -0.2) is 4.79 Å². The van der Waals surface area contributed by atoms with Crippen LogP contribution in [0.3, 0.4) is 0 Å². The lowest BCUT2D eigenvalue weighted by Crippen LogP contribution is -1.97. The number of carboxylic acids is 1. The van der Waals surface area contributed by atoms with Gasteiger partial charge in [-0.2, -0.15) is 0 Å². The fraction of sp³-hybridized carbons (Fsp3) is 0. The number of hydrogen-bond acceptors (Lipinski definition) is 1. The first-order chi connectivity index (χ1) is 6.70. The molecule has 0 unspecified atom stereocenters. The average Bonchev–Trinajstić information content (AvgIpc) is 2.17. The topological polar surface area (TPSA) is 37.3 Å². The van der Waals surface area contributed by atoms with Crippen molar-refractivity contribution in [1.82, 2.24) is 0 Å². The summed E-state index contributed by atoms with van der Waals surface area (Å²) in [5.41, 5.74) is 0.329. The zero-order valence-electron chi connectivity index (χ0n) is 7.77. The van der Waals surface area contributed by atoms with Crippen LogP contribution in [0, 0.1) is 0 Å². The summed E-state index contributed by atoms with van der Waals surface area (Å²) in [5, 5.41) is 10.7. The summed E-state index contributed by atoms with van der Waals surface area (Å²) >= 11 is 3.35. The summed E-state index contributed by atoms with van der Waals surface area (Å²) < 4.78 is 0.813. The van der Waals surface area contributed by atoms with Gasteiger partial charge in [-0.3, -0.25) is 0 Å². The van der Waals surface area contributed by atoms with Crippen LogP contribution in [0.15, 0.2) is 40.9 Å². The Hall–Kier alpha value is -0.818. The first-order valence-electron chi connectivity index (χ1n) is 4.10. The molecule has 0 atom stereocenters. The van der Waals surface area contributed by atoms with Crippen LogP contribution in [-0.2, 0) is 0 Å². The predicted molar refractivity (Wildman–Crippen MR) is 64.4 cm³/mol. The lowest BCUT2D eigenvalue weighted by Gasteiger charge is -2.03. The number of carbonyl (C=O) groups is 1. The SMILES string of the molecule is O=C(O)c1cccc2cccc(Br)c12.[Al]. The number of fused-ring (bicyclic) bond motifs is 1. The van der Waals surface area contributed by atoms with Crippen LogP contribution in [-0.4, -0.2) is 28.4 Å². The molecule has 2 rings (SSSR count). The van der Waals surface area contributed by atoms with Crippen molar-refractivity contribution >= 4 is 50.0 Å².